The second-order valence-corrected chi connectivity index (χ2v) is 2.61. The van der Waals surface area contributed by atoms with E-state index < -0.39 is 5.97 Å². The van der Waals surface area contributed by atoms with E-state index in [1.807, 2.05) is 18.3 Å². The van der Waals surface area contributed by atoms with E-state index in [1.54, 1.807) is 0 Å². The first-order valence-corrected chi connectivity index (χ1v) is 4.11. The zero-order chi connectivity index (χ0) is 10.4. The van der Waals surface area contributed by atoms with E-state index in [-0.39, 0.29) is 19.5 Å². The van der Waals surface area contributed by atoms with Gasteiger partial charge in [-0.3, -0.25) is 0 Å². The molecule has 0 aliphatic rings. The molecule has 0 unspecified atom stereocenters. The van der Waals surface area contributed by atoms with Crippen LogP contribution in [-0.4, -0.2) is 16.1 Å². The largest absolute Gasteiger partial charge is 0.478 e. The number of benzene rings is 1. The molecule has 1 heterocycles. The third-order valence-corrected chi connectivity index (χ3v) is 1.64. The van der Waals surface area contributed by atoms with E-state index in [1.165, 1.54) is 10.9 Å². The molecule has 0 atom stereocenters. The maximum Gasteiger partial charge on any atom is 0.327 e. The molecule has 74 valence electrons. The molecule has 0 radical (unpaired) electrons. The van der Waals surface area contributed by atoms with Crippen LogP contribution in [0.15, 0.2) is 49.2 Å². The summed E-state index contributed by atoms with van der Waals surface area (Å²) in [5, 5.41) is 8.88. The quantitative estimate of drug-likeness (QED) is 0.607. The average molecular weight is 255 g/mol. The summed E-state index contributed by atoms with van der Waals surface area (Å²) >= 11 is 0. The number of H-pyrrole nitrogens is 1. The Balaban J connectivity index is 0.000000289. The van der Waals surface area contributed by atoms with E-state index >= 15 is 0 Å². The van der Waals surface area contributed by atoms with Gasteiger partial charge in [0.15, 0.2) is 0 Å². The molecule has 0 fully saturated rings. The van der Waals surface area contributed by atoms with Gasteiger partial charge >= 0.3 is 5.97 Å². The van der Waals surface area contributed by atoms with Gasteiger partial charge in [-0.25, -0.2) is 4.79 Å². The van der Waals surface area contributed by atoms with E-state index in [9.17, 15) is 4.79 Å². The first kappa shape index (κ1) is 13.6. The average Bonchev–Trinajstić information content (AvgIpc) is 2.66. The normalized spacial score (nSPS) is 8.27. The van der Waals surface area contributed by atoms with Gasteiger partial charge in [-0.2, -0.15) is 0 Å². The molecule has 2 aromatic rings. The van der Waals surface area contributed by atoms with Gasteiger partial charge in [0.2, 0.25) is 0 Å². The third kappa shape index (κ3) is 4.57. The number of fused-ring (bicyclic) bond motifs is 1. The van der Waals surface area contributed by atoms with Crippen LogP contribution >= 0.6 is 0 Å². The molecule has 0 aliphatic heterocycles. The molecule has 0 bridgehead atoms. The van der Waals surface area contributed by atoms with E-state index in [4.69, 9.17) is 5.11 Å². The maximum atomic E-state index is 9.25. The molecule has 0 saturated heterocycles. The Labute approximate surface area is 101 Å². The summed E-state index contributed by atoms with van der Waals surface area (Å²) in [6.07, 6.45) is 2.78. The minimum absolute atomic E-state index is 0. The van der Waals surface area contributed by atoms with Crippen LogP contribution in [0.4, 0.5) is 0 Å². The van der Waals surface area contributed by atoms with Crippen molar-refractivity contribution in [3.8, 4) is 0 Å². The topological polar surface area (TPSA) is 53.1 Å². The number of nitrogens with one attached hydrogen (secondary N) is 1. The predicted octanol–water partition coefficient (Wildman–Crippen LogP) is 2.42. The zero-order valence-corrected chi connectivity index (χ0v) is 11.3. The summed E-state index contributed by atoms with van der Waals surface area (Å²) < 4.78 is 0. The van der Waals surface area contributed by atoms with Crippen LogP contribution < -0.4 is 0 Å². The minimum atomic E-state index is -0.981. The molecule has 4 heteroatoms. The number of hydrogen-bond acceptors (Lipinski definition) is 1. The molecule has 1 aromatic heterocycles. The summed E-state index contributed by atoms with van der Waals surface area (Å²) in [6.45, 7) is 2.96. The first-order valence-electron chi connectivity index (χ1n) is 4.11. The van der Waals surface area contributed by atoms with Gasteiger partial charge in [-0.1, -0.05) is 24.8 Å². The van der Waals surface area contributed by atoms with E-state index in [0.717, 1.165) is 6.08 Å². The number of aliphatic carboxylic acids is 1. The second-order valence-electron chi connectivity index (χ2n) is 2.61. The summed E-state index contributed by atoms with van der Waals surface area (Å²) in [7, 11) is 0. The number of carboxylic acids is 1. The van der Waals surface area contributed by atoms with Crippen LogP contribution in [0.25, 0.3) is 10.9 Å². The molecular weight excluding hydrogens is 244 g/mol. The smallest absolute Gasteiger partial charge is 0.327 e. The van der Waals surface area contributed by atoms with Gasteiger partial charge in [0.25, 0.3) is 0 Å². The Morgan fingerprint density at radius 1 is 1.33 bits per heavy atom. The minimum Gasteiger partial charge on any atom is -0.478 e. The van der Waals surface area contributed by atoms with Crippen molar-refractivity contribution in [3.63, 3.8) is 0 Å². The van der Waals surface area contributed by atoms with Crippen molar-refractivity contribution in [2.24, 2.45) is 0 Å². The van der Waals surface area contributed by atoms with Gasteiger partial charge in [-0.05, 0) is 17.5 Å². The van der Waals surface area contributed by atoms with Crippen molar-refractivity contribution in [1.29, 1.82) is 0 Å². The Bertz CT molecular complexity index is 407. The Morgan fingerprint density at radius 3 is 2.47 bits per heavy atom. The standard InChI is InChI=1S/C8H7N.C3H4O2.Zn/c1-2-4-8-7(3-1)5-6-9-8;1-2-3(4)5;/h1-6,9H;2H,1H2,(H,4,5);. The van der Waals surface area contributed by atoms with Gasteiger partial charge in [0, 0.05) is 37.3 Å². The molecule has 0 amide bonds. The maximum absolute atomic E-state index is 9.25. The summed E-state index contributed by atoms with van der Waals surface area (Å²) in [5.74, 6) is -0.981. The van der Waals surface area contributed by atoms with Crippen LogP contribution in [-0.2, 0) is 24.3 Å². The zero-order valence-electron chi connectivity index (χ0n) is 8.31. The fraction of sp³-hybridized carbons (Fsp3) is 0. The third-order valence-electron chi connectivity index (χ3n) is 1.64. The van der Waals surface area contributed by atoms with E-state index in [2.05, 4.69) is 29.8 Å². The van der Waals surface area contributed by atoms with Crippen molar-refractivity contribution in [1.82, 2.24) is 4.98 Å². The number of carbonyl (C=O) groups is 1. The van der Waals surface area contributed by atoms with Crippen molar-refractivity contribution in [2.45, 2.75) is 0 Å². The Kier molecular flexibility index (Phi) is 6.31. The molecule has 0 saturated carbocycles. The van der Waals surface area contributed by atoms with Crippen LogP contribution in [0.5, 0.6) is 0 Å². The van der Waals surface area contributed by atoms with Gasteiger partial charge in [0.05, 0.1) is 0 Å². The molecule has 1 aromatic carbocycles. The first-order chi connectivity index (χ1) is 6.74. The fourth-order valence-electron chi connectivity index (χ4n) is 0.995. The fourth-order valence-corrected chi connectivity index (χ4v) is 0.995. The SMILES string of the molecule is C=CC(=O)O.[Zn].c1ccc2[nH]ccc2c1. The monoisotopic (exact) mass is 253 g/mol. The van der Waals surface area contributed by atoms with Crippen molar-refractivity contribution < 1.29 is 29.4 Å². The number of carboxylic acid groups (broad SMARTS) is 1. The summed E-state index contributed by atoms with van der Waals surface area (Å²) in [4.78, 5) is 12.4. The molecule has 0 aliphatic carbocycles. The summed E-state index contributed by atoms with van der Waals surface area (Å²) in [6, 6.07) is 10.3. The second kappa shape index (κ2) is 6.96. The summed E-state index contributed by atoms with van der Waals surface area (Å²) in [5.41, 5.74) is 1.21. The van der Waals surface area contributed by atoms with Crippen molar-refractivity contribution in [2.75, 3.05) is 0 Å². The number of aromatic nitrogens is 1. The molecule has 2 N–H and O–H groups in total. The molecule has 2 rings (SSSR count). The Morgan fingerprint density at radius 2 is 1.93 bits per heavy atom. The number of para-hydroxylation sites is 1. The molecular formula is C11H11NO2Zn. The van der Waals surface area contributed by atoms with E-state index in [0.29, 0.717) is 0 Å². The van der Waals surface area contributed by atoms with Crippen molar-refractivity contribution >= 4 is 16.9 Å². The molecule has 0 spiro atoms. The number of rotatable bonds is 1. The number of hydrogen-bond donors (Lipinski definition) is 2. The Hall–Kier alpha value is -1.41. The van der Waals surface area contributed by atoms with Crippen LogP contribution in [0, 0.1) is 0 Å². The van der Waals surface area contributed by atoms with Gasteiger partial charge in [-0.15, -0.1) is 0 Å². The number of aromatic amines is 1. The van der Waals surface area contributed by atoms with Crippen LogP contribution in [0.3, 0.4) is 0 Å². The molecule has 15 heavy (non-hydrogen) atoms. The molecule has 3 nitrogen and oxygen atoms in total. The van der Waals surface area contributed by atoms with Crippen LogP contribution in [0.1, 0.15) is 0 Å². The van der Waals surface area contributed by atoms with Gasteiger partial charge in [0.1, 0.15) is 0 Å². The van der Waals surface area contributed by atoms with Crippen molar-refractivity contribution in [3.05, 3.63) is 49.2 Å². The van der Waals surface area contributed by atoms with Crippen LogP contribution in [0.2, 0.25) is 0 Å². The predicted molar refractivity (Wildman–Crippen MR) is 56.1 cm³/mol. The van der Waals surface area contributed by atoms with Gasteiger partial charge < -0.3 is 10.1 Å².